The first kappa shape index (κ1) is 19.1. The fraction of sp³-hybridized carbons (Fsp3) is 0.409. The summed E-state index contributed by atoms with van der Waals surface area (Å²) in [6, 6.07) is 11.9. The first-order valence-corrected chi connectivity index (χ1v) is 9.21. The minimum absolute atomic E-state index is 0.0604. The minimum Gasteiger partial charge on any atom is -0.496 e. The second kappa shape index (κ2) is 7.91. The maximum absolute atomic E-state index is 12.2. The smallest absolute Gasteiger partial charge is 0.220 e. The van der Waals surface area contributed by atoms with Gasteiger partial charge in [-0.15, -0.1) is 0 Å². The second-order valence-electron chi connectivity index (χ2n) is 6.93. The van der Waals surface area contributed by atoms with E-state index < -0.39 is 0 Å². The van der Waals surface area contributed by atoms with Crippen LogP contribution in [0.5, 0.6) is 17.2 Å². The molecule has 1 amide bonds. The fourth-order valence-corrected chi connectivity index (χ4v) is 4.05. The molecule has 0 N–H and O–H groups in total. The molecule has 0 spiro atoms. The lowest BCUT2D eigenvalue weighted by Crippen LogP contribution is -2.44. The number of fused-ring (bicyclic) bond motifs is 1. The Morgan fingerprint density at radius 1 is 1.11 bits per heavy atom. The number of hydrogen-bond acceptors (Lipinski definition) is 4. The largest absolute Gasteiger partial charge is 0.496 e. The average Bonchev–Trinajstić information content (AvgIpc) is 2.66. The van der Waals surface area contributed by atoms with Crippen molar-refractivity contribution in [1.82, 2.24) is 4.90 Å². The summed E-state index contributed by atoms with van der Waals surface area (Å²) in [5.41, 5.74) is 3.14. The van der Waals surface area contributed by atoms with Crippen molar-refractivity contribution in [3.63, 3.8) is 0 Å². The summed E-state index contributed by atoms with van der Waals surface area (Å²) in [5, 5.41) is 0. The molecular formula is C22H27NO4. The van der Waals surface area contributed by atoms with Crippen LogP contribution < -0.4 is 14.2 Å². The Kier molecular flexibility index (Phi) is 5.59. The van der Waals surface area contributed by atoms with Crippen molar-refractivity contribution in [2.45, 2.75) is 45.9 Å². The van der Waals surface area contributed by atoms with Crippen molar-refractivity contribution >= 4 is 5.91 Å². The molecule has 0 saturated carbocycles. The predicted molar refractivity (Wildman–Crippen MR) is 104 cm³/mol. The number of carbonyl (C=O) groups excluding carboxylic acids is 1. The number of nitrogens with zero attached hydrogens (tertiary/aromatic N) is 1. The Labute approximate surface area is 160 Å². The summed E-state index contributed by atoms with van der Waals surface area (Å²) < 4.78 is 17.5. The fourth-order valence-electron chi connectivity index (χ4n) is 4.05. The summed E-state index contributed by atoms with van der Waals surface area (Å²) in [6.45, 7) is 6.16. The van der Waals surface area contributed by atoms with Crippen molar-refractivity contribution in [3.05, 3.63) is 53.1 Å². The Hall–Kier alpha value is -2.69. The van der Waals surface area contributed by atoms with E-state index in [-0.39, 0.29) is 18.0 Å². The van der Waals surface area contributed by atoms with Crippen molar-refractivity contribution in [2.24, 2.45) is 0 Å². The molecule has 2 aromatic rings. The Balaban J connectivity index is 2.07. The van der Waals surface area contributed by atoms with Gasteiger partial charge in [-0.2, -0.15) is 0 Å². The molecule has 1 aliphatic heterocycles. The van der Waals surface area contributed by atoms with Gasteiger partial charge in [-0.25, -0.2) is 0 Å². The van der Waals surface area contributed by atoms with Crippen LogP contribution in [0.25, 0.3) is 0 Å². The SMILES string of the molecule is COc1cc(OC)c2c(c1OCc1ccccc1)C[C@H](C)N(C(C)=O)[C@@H]2C. The van der Waals surface area contributed by atoms with E-state index in [2.05, 4.69) is 6.92 Å². The van der Waals surface area contributed by atoms with Gasteiger partial charge in [0.15, 0.2) is 11.5 Å². The van der Waals surface area contributed by atoms with Gasteiger partial charge in [0.05, 0.1) is 20.3 Å². The normalized spacial score (nSPS) is 18.6. The van der Waals surface area contributed by atoms with Crippen LogP contribution in [0.3, 0.4) is 0 Å². The van der Waals surface area contributed by atoms with Crippen molar-refractivity contribution < 1.29 is 19.0 Å². The number of benzene rings is 2. The third-order valence-electron chi connectivity index (χ3n) is 5.19. The molecule has 3 rings (SSSR count). The van der Waals surface area contributed by atoms with E-state index in [4.69, 9.17) is 14.2 Å². The van der Waals surface area contributed by atoms with Crippen LogP contribution >= 0.6 is 0 Å². The molecule has 0 fully saturated rings. The van der Waals surface area contributed by atoms with Crippen molar-refractivity contribution in [2.75, 3.05) is 14.2 Å². The van der Waals surface area contributed by atoms with E-state index in [1.54, 1.807) is 21.1 Å². The number of rotatable bonds is 5. The van der Waals surface area contributed by atoms with E-state index >= 15 is 0 Å². The lowest BCUT2D eigenvalue weighted by atomic mass is 9.87. The van der Waals surface area contributed by atoms with E-state index in [0.29, 0.717) is 18.8 Å². The summed E-state index contributed by atoms with van der Waals surface area (Å²) in [6.07, 6.45) is 0.691. The predicted octanol–water partition coefficient (Wildman–Crippen LogP) is 4.14. The molecule has 5 heteroatoms. The van der Waals surface area contributed by atoms with E-state index in [1.807, 2.05) is 48.2 Å². The van der Waals surface area contributed by atoms with E-state index in [1.165, 1.54) is 0 Å². The standard InChI is InChI=1S/C22H27NO4/c1-14-11-18-21(15(2)23(14)16(3)24)19(25-4)12-20(26-5)22(18)27-13-17-9-7-6-8-10-17/h6-10,12,14-15H,11,13H2,1-5H3/t14-,15+/m0/s1. The molecule has 0 aromatic heterocycles. The summed E-state index contributed by atoms with van der Waals surface area (Å²) >= 11 is 0. The molecular weight excluding hydrogens is 342 g/mol. The lowest BCUT2D eigenvalue weighted by Gasteiger charge is -2.41. The number of amides is 1. The Morgan fingerprint density at radius 2 is 1.78 bits per heavy atom. The van der Waals surface area contributed by atoms with Gasteiger partial charge in [-0.1, -0.05) is 30.3 Å². The number of carbonyl (C=O) groups is 1. The molecule has 144 valence electrons. The number of hydrogen-bond donors (Lipinski definition) is 0. The highest BCUT2D eigenvalue weighted by atomic mass is 16.5. The van der Waals surface area contributed by atoms with Gasteiger partial charge >= 0.3 is 0 Å². The topological polar surface area (TPSA) is 48.0 Å². The van der Waals surface area contributed by atoms with Gasteiger partial charge in [0.2, 0.25) is 5.91 Å². The van der Waals surface area contributed by atoms with Crippen molar-refractivity contribution in [1.29, 1.82) is 0 Å². The minimum atomic E-state index is -0.0961. The molecule has 5 nitrogen and oxygen atoms in total. The van der Waals surface area contributed by atoms with Gasteiger partial charge < -0.3 is 19.1 Å². The zero-order valence-electron chi connectivity index (χ0n) is 16.6. The first-order valence-electron chi connectivity index (χ1n) is 9.21. The van der Waals surface area contributed by atoms with Crippen LogP contribution in [-0.4, -0.2) is 31.1 Å². The lowest BCUT2D eigenvalue weighted by molar-refractivity contribution is -0.133. The first-order chi connectivity index (χ1) is 13.0. The summed E-state index contributed by atoms with van der Waals surface area (Å²) in [4.78, 5) is 14.1. The van der Waals surface area contributed by atoms with E-state index in [9.17, 15) is 4.79 Å². The average molecular weight is 369 g/mol. The van der Waals surface area contributed by atoms with Gasteiger partial charge in [-0.3, -0.25) is 4.79 Å². The molecule has 27 heavy (non-hydrogen) atoms. The van der Waals surface area contributed by atoms with E-state index in [0.717, 1.165) is 28.2 Å². The van der Waals surface area contributed by atoms with Crippen LogP contribution in [0.4, 0.5) is 0 Å². The number of ether oxygens (including phenoxy) is 3. The molecule has 0 saturated heterocycles. The molecule has 0 radical (unpaired) electrons. The van der Waals surface area contributed by atoms with Crippen molar-refractivity contribution in [3.8, 4) is 17.2 Å². The molecule has 0 aliphatic carbocycles. The van der Waals surface area contributed by atoms with Crippen LogP contribution in [0.15, 0.2) is 36.4 Å². The zero-order chi connectivity index (χ0) is 19.6. The molecule has 2 atom stereocenters. The quantitative estimate of drug-likeness (QED) is 0.795. The number of methoxy groups -OCH3 is 2. The highest BCUT2D eigenvalue weighted by molar-refractivity contribution is 5.75. The second-order valence-corrected chi connectivity index (χ2v) is 6.93. The van der Waals surface area contributed by atoms with Gasteiger partial charge in [0.25, 0.3) is 0 Å². The molecule has 2 aromatic carbocycles. The molecule has 0 unspecified atom stereocenters. The highest BCUT2D eigenvalue weighted by Gasteiger charge is 2.36. The van der Waals surface area contributed by atoms with Crippen LogP contribution in [-0.2, 0) is 17.8 Å². The maximum atomic E-state index is 12.2. The van der Waals surface area contributed by atoms with Crippen LogP contribution in [0.2, 0.25) is 0 Å². The summed E-state index contributed by atoms with van der Waals surface area (Å²) in [5.74, 6) is 2.17. The maximum Gasteiger partial charge on any atom is 0.220 e. The third-order valence-corrected chi connectivity index (χ3v) is 5.19. The molecule has 1 aliphatic rings. The zero-order valence-corrected chi connectivity index (χ0v) is 16.6. The third kappa shape index (κ3) is 3.59. The Bertz CT molecular complexity index is 819. The molecule has 1 heterocycles. The monoisotopic (exact) mass is 369 g/mol. The van der Waals surface area contributed by atoms with Gasteiger partial charge in [-0.05, 0) is 25.8 Å². The summed E-state index contributed by atoms with van der Waals surface area (Å²) in [7, 11) is 3.27. The van der Waals surface area contributed by atoms with Gasteiger partial charge in [0, 0.05) is 30.2 Å². The Morgan fingerprint density at radius 3 is 2.37 bits per heavy atom. The molecule has 0 bridgehead atoms. The van der Waals surface area contributed by atoms with Crippen LogP contribution in [0, 0.1) is 0 Å². The highest BCUT2D eigenvalue weighted by Crippen LogP contribution is 2.47. The van der Waals surface area contributed by atoms with Gasteiger partial charge in [0.1, 0.15) is 12.4 Å². The van der Waals surface area contributed by atoms with Crippen LogP contribution in [0.1, 0.15) is 43.5 Å².